The summed E-state index contributed by atoms with van der Waals surface area (Å²) in [5.41, 5.74) is 6.00. The third-order valence-electron chi connectivity index (χ3n) is 3.88. The lowest BCUT2D eigenvalue weighted by atomic mass is 10.2. The number of nitrogens with zero attached hydrogens (tertiary/aromatic N) is 3. The van der Waals surface area contributed by atoms with Gasteiger partial charge in [-0.05, 0) is 44.9 Å². The van der Waals surface area contributed by atoms with Crippen LogP contribution in [-0.2, 0) is 0 Å². The summed E-state index contributed by atoms with van der Waals surface area (Å²) >= 11 is 0. The van der Waals surface area contributed by atoms with E-state index in [1.54, 1.807) is 6.07 Å². The molecule has 1 heterocycles. The Morgan fingerprint density at radius 3 is 2.71 bits per heavy atom. The molecule has 0 aromatic carbocycles. The van der Waals surface area contributed by atoms with Crippen LogP contribution in [0.2, 0.25) is 0 Å². The molecule has 0 aliphatic heterocycles. The van der Waals surface area contributed by atoms with Crippen LogP contribution in [0.5, 0.6) is 0 Å². The third kappa shape index (κ3) is 4.14. The maximum atomic E-state index is 11.7. The topological polar surface area (TPSA) is 84.1 Å². The summed E-state index contributed by atoms with van der Waals surface area (Å²) in [6.45, 7) is 4.05. The molecule has 1 aromatic heterocycles. The van der Waals surface area contributed by atoms with E-state index in [4.69, 9.17) is 5.73 Å². The normalized spacial score (nSPS) is 15.1. The Hall–Kier alpha value is -1.69. The Bertz CT molecular complexity index is 442. The van der Waals surface area contributed by atoms with Crippen molar-refractivity contribution in [3.63, 3.8) is 0 Å². The fourth-order valence-electron chi connectivity index (χ4n) is 2.81. The van der Waals surface area contributed by atoms with Crippen LogP contribution in [0.25, 0.3) is 0 Å². The zero-order valence-electron chi connectivity index (χ0n) is 12.7. The highest BCUT2D eigenvalue weighted by molar-refractivity contribution is 5.92. The van der Waals surface area contributed by atoms with E-state index in [1.807, 2.05) is 13.0 Å². The number of carbonyl (C=O) groups is 1. The van der Waals surface area contributed by atoms with Crippen molar-refractivity contribution in [2.75, 3.05) is 24.5 Å². The van der Waals surface area contributed by atoms with Gasteiger partial charge in [-0.2, -0.15) is 0 Å². The van der Waals surface area contributed by atoms with Gasteiger partial charge in [0, 0.05) is 19.1 Å². The summed E-state index contributed by atoms with van der Waals surface area (Å²) in [5, 5.41) is 11.0. The molecule has 6 heteroatoms. The van der Waals surface area contributed by atoms with Crippen LogP contribution in [0.4, 0.5) is 5.82 Å². The fraction of sp³-hybridized carbons (Fsp3) is 0.667. The number of rotatable bonds is 7. The Labute approximate surface area is 126 Å². The smallest absolute Gasteiger partial charge is 0.271 e. The van der Waals surface area contributed by atoms with Crippen LogP contribution in [-0.4, -0.2) is 41.8 Å². The van der Waals surface area contributed by atoms with E-state index in [2.05, 4.69) is 20.4 Å². The van der Waals surface area contributed by atoms with Gasteiger partial charge in [0.25, 0.3) is 5.91 Å². The van der Waals surface area contributed by atoms with Crippen LogP contribution < -0.4 is 16.0 Å². The van der Waals surface area contributed by atoms with Crippen LogP contribution in [0.15, 0.2) is 12.1 Å². The minimum atomic E-state index is -0.175. The second-order valence-electron chi connectivity index (χ2n) is 5.41. The fourth-order valence-corrected chi connectivity index (χ4v) is 2.81. The molecule has 1 aromatic rings. The van der Waals surface area contributed by atoms with E-state index < -0.39 is 0 Å². The van der Waals surface area contributed by atoms with Crippen molar-refractivity contribution in [2.45, 2.75) is 45.1 Å². The summed E-state index contributed by atoms with van der Waals surface area (Å²) in [4.78, 5) is 14.0. The van der Waals surface area contributed by atoms with Crippen LogP contribution >= 0.6 is 0 Å². The van der Waals surface area contributed by atoms with E-state index in [0.717, 1.165) is 18.8 Å². The Morgan fingerprint density at radius 1 is 1.38 bits per heavy atom. The van der Waals surface area contributed by atoms with E-state index in [9.17, 15) is 4.79 Å². The molecule has 1 aliphatic carbocycles. The molecular formula is C15H25N5O. The molecule has 0 saturated heterocycles. The molecule has 0 radical (unpaired) electrons. The summed E-state index contributed by atoms with van der Waals surface area (Å²) in [6, 6.07) is 4.17. The van der Waals surface area contributed by atoms with E-state index in [0.29, 0.717) is 24.8 Å². The van der Waals surface area contributed by atoms with Crippen molar-refractivity contribution >= 4 is 11.7 Å². The first-order chi connectivity index (χ1) is 10.3. The second-order valence-corrected chi connectivity index (χ2v) is 5.41. The molecule has 0 unspecified atom stereocenters. The highest BCUT2D eigenvalue weighted by Crippen LogP contribution is 2.27. The van der Waals surface area contributed by atoms with Gasteiger partial charge < -0.3 is 16.0 Å². The van der Waals surface area contributed by atoms with Crippen molar-refractivity contribution in [1.82, 2.24) is 15.5 Å². The molecule has 2 rings (SSSR count). The predicted octanol–water partition coefficient (Wildman–Crippen LogP) is 1.32. The lowest BCUT2D eigenvalue weighted by Crippen LogP contribution is -2.36. The lowest BCUT2D eigenvalue weighted by Gasteiger charge is -2.29. The van der Waals surface area contributed by atoms with Gasteiger partial charge in [-0.3, -0.25) is 4.79 Å². The zero-order chi connectivity index (χ0) is 15.1. The third-order valence-corrected chi connectivity index (χ3v) is 3.88. The summed E-state index contributed by atoms with van der Waals surface area (Å²) in [7, 11) is 0. The van der Waals surface area contributed by atoms with Crippen molar-refractivity contribution in [3.05, 3.63) is 17.8 Å². The zero-order valence-corrected chi connectivity index (χ0v) is 12.7. The first-order valence-electron chi connectivity index (χ1n) is 7.85. The molecule has 1 saturated carbocycles. The molecule has 1 fully saturated rings. The molecule has 0 atom stereocenters. The van der Waals surface area contributed by atoms with Gasteiger partial charge in [0.15, 0.2) is 11.5 Å². The summed E-state index contributed by atoms with van der Waals surface area (Å²) in [6.07, 6.45) is 5.88. The molecule has 0 spiro atoms. The van der Waals surface area contributed by atoms with Gasteiger partial charge in [-0.25, -0.2) is 0 Å². The van der Waals surface area contributed by atoms with Crippen molar-refractivity contribution in [1.29, 1.82) is 0 Å². The highest BCUT2D eigenvalue weighted by Gasteiger charge is 2.23. The Morgan fingerprint density at radius 2 is 2.14 bits per heavy atom. The summed E-state index contributed by atoms with van der Waals surface area (Å²) in [5.74, 6) is 0.675. The van der Waals surface area contributed by atoms with E-state index in [-0.39, 0.29) is 5.91 Å². The number of hydrogen-bond acceptors (Lipinski definition) is 5. The molecule has 6 nitrogen and oxygen atoms in total. The first-order valence-corrected chi connectivity index (χ1v) is 7.85. The lowest BCUT2D eigenvalue weighted by molar-refractivity contribution is 0.0950. The molecule has 3 N–H and O–H groups in total. The monoisotopic (exact) mass is 291 g/mol. The van der Waals surface area contributed by atoms with E-state index >= 15 is 0 Å². The van der Waals surface area contributed by atoms with Crippen LogP contribution in [0.1, 0.15) is 49.5 Å². The molecule has 0 bridgehead atoms. The minimum Gasteiger partial charge on any atom is -0.352 e. The standard InChI is InChI=1S/C15H25N5O/c1-2-17-15(21)13-8-9-14(19-18-13)20(11-5-10-16)12-6-3-4-7-12/h8-9,12H,2-7,10-11,16H2,1H3,(H,17,21). The number of nitrogens with two attached hydrogens (primary N) is 1. The second kappa shape index (κ2) is 7.93. The molecule has 21 heavy (non-hydrogen) atoms. The molecule has 1 amide bonds. The number of nitrogens with one attached hydrogen (secondary N) is 1. The number of aromatic nitrogens is 2. The molecular weight excluding hydrogens is 266 g/mol. The molecule has 1 aliphatic rings. The number of carbonyl (C=O) groups excluding carboxylic acids is 1. The number of anilines is 1. The van der Waals surface area contributed by atoms with Crippen molar-refractivity contribution in [2.24, 2.45) is 5.73 Å². The van der Waals surface area contributed by atoms with Crippen LogP contribution in [0.3, 0.4) is 0 Å². The van der Waals surface area contributed by atoms with Gasteiger partial charge in [-0.15, -0.1) is 10.2 Å². The highest BCUT2D eigenvalue weighted by atomic mass is 16.1. The van der Waals surface area contributed by atoms with Crippen molar-refractivity contribution < 1.29 is 4.79 Å². The Balaban J connectivity index is 2.10. The van der Waals surface area contributed by atoms with E-state index in [1.165, 1.54) is 25.7 Å². The summed E-state index contributed by atoms with van der Waals surface area (Å²) < 4.78 is 0. The largest absolute Gasteiger partial charge is 0.352 e. The minimum absolute atomic E-state index is 0.175. The maximum Gasteiger partial charge on any atom is 0.271 e. The quantitative estimate of drug-likeness (QED) is 0.791. The first kappa shape index (κ1) is 15.7. The van der Waals surface area contributed by atoms with Gasteiger partial charge in [0.1, 0.15) is 0 Å². The van der Waals surface area contributed by atoms with Gasteiger partial charge in [0.2, 0.25) is 0 Å². The number of amides is 1. The van der Waals surface area contributed by atoms with Crippen molar-refractivity contribution in [3.8, 4) is 0 Å². The van der Waals surface area contributed by atoms with Gasteiger partial charge in [0.05, 0.1) is 0 Å². The Kier molecular flexibility index (Phi) is 5.92. The maximum absolute atomic E-state index is 11.7. The van der Waals surface area contributed by atoms with Gasteiger partial charge >= 0.3 is 0 Å². The molecule has 116 valence electrons. The van der Waals surface area contributed by atoms with Crippen LogP contribution in [0, 0.1) is 0 Å². The number of hydrogen-bond donors (Lipinski definition) is 2. The van der Waals surface area contributed by atoms with Gasteiger partial charge in [-0.1, -0.05) is 12.8 Å². The average Bonchev–Trinajstić information content (AvgIpc) is 3.03. The average molecular weight is 291 g/mol. The predicted molar refractivity (Wildman–Crippen MR) is 83.3 cm³/mol. The SMILES string of the molecule is CCNC(=O)c1ccc(N(CCCN)C2CCCC2)nn1.